The molecular formula is C16H32N2O. The van der Waals surface area contributed by atoms with Crippen molar-refractivity contribution in [3.63, 3.8) is 0 Å². The Morgan fingerprint density at radius 3 is 2.63 bits per heavy atom. The van der Waals surface area contributed by atoms with Crippen molar-refractivity contribution in [2.24, 2.45) is 0 Å². The molecule has 0 bridgehead atoms. The second kappa shape index (κ2) is 8.23. The molecule has 19 heavy (non-hydrogen) atoms. The molecule has 2 aliphatic rings. The van der Waals surface area contributed by atoms with Crippen LogP contribution in [0.5, 0.6) is 0 Å². The van der Waals surface area contributed by atoms with Crippen LogP contribution in [-0.2, 0) is 4.74 Å². The standard InChI is InChI=1S/C16H32N2O/c1-3-14-13-19-12-11-18(14)16-10-8-6-5-7-9-15(16)17-4-2/h14-17H,3-13H2,1-2H3. The van der Waals surface area contributed by atoms with Crippen LogP contribution in [0, 0.1) is 0 Å². The molecule has 0 aromatic carbocycles. The van der Waals surface area contributed by atoms with Gasteiger partial charge in [0.25, 0.3) is 0 Å². The summed E-state index contributed by atoms with van der Waals surface area (Å²) in [4.78, 5) is 2.77. The topological polar surface area (TPSA) is 24.5 Å². The zero-order chi connectivity index (χ0) is 13.5. The molecule has 0 aromatic rings. The molecule has 1 heterocycles. The van der Waals surface area contributed by atoms with Gasteiger partial charge in [-0.1, -0.05) is 39.5 Å². The van der Waals surface area contributed by atoms with Gasteiger partial charge in [-0.2, -0.15) is 0 Å². The van der Waals surface area contributed by atoms with Crippen LogP contribution < -0.4 is 5.32 Å². The van der Waals surface area contributed by atoms with Gasteiger partial charge in [0.15, 0.2) is 0 Å². The first-order chi connectivity index (χ1) is 9.36. The molecule has 2 fully saturated rings. The van der Waals surface area contributed by atoms with E-state index in [0.717, 1.165) is 32.3 Å². The van der Waals surface area contributed by atoms with Crippen molar-refractivity contribution >= 4 is 0 Å². The maximum atomic E-state index is 5.68. The average molecular weight is 268 g/mol. The zero-order valence-corrected chi connectivity index (χ0v) is 12.9. The van der Waals surface area contributed by atoms with E-state index in [0.29, 0.717) is 12.1 Å². The quantitative estimate of drug-likeness (QED) is 0.848. The molecule has 0 aromatic heterocycles. The van der Waals surface area contributed by atoms with Gasteiger partial charge in [0, 0.05) is 24.7 Å². The van der Waals surface area contributed by atoms with Crippen molar-refractivity contribution in [2.45, 2.75) is 76.9 Å². The molecule has 0 spiro atoms. The maximum Gasteiger partial charge on any atom is 0.0622 e. The van der Waals surface area contributed by atoms with Gasteiger partial charge in [0.1, 0.15) is 0 Å². The summed E-state index contributed by atoms with van der Waals surface area (Å²) < 4.78 is 5.68. The fourth-order valence-corrected chi connectivity index (χ4v) is 3.82. The summed E-state index contributed by atoms with van der Waals surface area (Å²) in [7, 11) is 0. The Morgan fingerprint density at radius 2 is 1.89 bits per heavy atom. The minimum Gasteiger partial charge on any atom is -0.378 e. The molecule has 1 aliphatic carbocycles. The highest BCUT2D eigenvalue weighted by Crippen LogP contribution is 2.25. The van der Waals surface area contributed by atoms with Gasteiger partial charge in [-0.25, -0.2) is 0 Å². The highest BCUT2D eigenvalue weighted by atomic mass is 16.5. The van der Waals surface area contributed by atoms with Gasteiger partial charge in [-0.15, -0.1) is 0 Å². The molecule has 3 unspecified atom stereocenters. The van der Waals surface area contributed by atoms with Gasteiger partial charge in [0.05, 0.1) is 13.2 Å². The van der Waals surface area contributed by atoms with Crippen molar-refractivity contribution in [3.05, 3.63) is 0 Å². The molecule has 3 nitrogen and oxygen atoms in total. The van der Waals surface area contributed by atoms with Crippen LogP contribution >= 0.6 is 0 Å². The molecule has 112 valence electrons. The van der Waals surface area contributed by atoms with Crippen LogP contribution in [0.15, 0.2) is 0 Å². The van der Waals surface area contributed by atoms with Gasteiger partial charge in [-0.3, -0.25) is 4.90 Å². The highest BCUT2D eigenvalue weighted by Gasteiger charge is 2.33. The molecule has 1 saturated carbocycles. The van der Waals surface area contributed by atoms with E-state index in [1.165, 1.54) is 44.9 Å². The molecule has 1 N–H and O–H groups in total. The molecule has 3 heteroatoms. The molecule has 0 amide bonds. The summed E-state index contributed by atoms with van der Waals surface area (Å²) >= 11 is 0. The van der Waals surface area contributed by atoms with Crippen molar-refractivity contribution < 1.29 is 4.74 Å². The number of rotatable bonds is 4. The van der Waals surface area contributed by atoms with Crippen LogP contribution in [0.1, 0.15) is 58.8 Å². The predicted molar refractivity (Wildman–Crippen MR) is 80.6 cm³/mol. The number of nitrogens with zero attached hydrogens (tertiary/aromatic N) is 1. The number of hydrogen-bond donors (Lipinski definition) is 1. The van der Waals surface area contributed by atoms with E-state index in [1.807, 2.05) is 0 Å². The fraction of sp³-hybridized carbons (Fsp3) is 1.00. The Morgan fingerprint density at radius 1 is 1.11 bits per heavy atom. The Kier molecular flexibility index (Phi) is 6.62. The summed E-state index contributed by atoms with van der Waals surface area (Å²) in [6.45, 7) is 8.63. The summed E-state index contributed by atoms with van der Waals surface area (Å²) in [5.74, 6) is 0. The highest BCUT2D eigenvalue weighted by molar-refractivity contribution is 4.90. The fourth-order valence-electron chi connectivity index (χ4n) is 3.82. The van der Waals surface area contributed by atoms with Crippen molar-refractivity contribution in [3.8, 4) is 0 Å². The second-order valence-corrected chi connectivity index (χ2v) is 6.10. The zero-order valence-electron chi connectivity index (χ0n) is 12.9. The number of hydrogen-bond acceptors (Lipinski definition) is 3. The lowest BCUT2D eigenvalue weighted by molar-refractivity contribution is -0.0414. The first-order valence-electron chi connectivity index (χ1n) is 8.43. The van der Waals surface area contributed by atoms with Gasteiger partial charge in [-0.05, 0) is 25.8 Å². The van der Waals surface area contributed by atoms with Crippen LogP contribution in [0.3, 0.4) is 0 Å². The lowest BCUT2D eigenvalue weighted by Gasteiger charge is -2.45. The maximum absolute atomic E-state index is 5.68. The van der Waals surface area contributed by atoms with E-state index in [9.17, 15) is 0 Å². The third kappa shape index (κ3) is 4.17. The number of nitrogens with one attached hydrogen (secondary N) is 1. The summed E-state index contributed by atoms with van der Waals surface area (Å²) in [6, 6.07) is 2.06. The Balaban J connectivity index is 2.05. The smallest absolute Gasteiger partial charge is 0.0622 e. The largest absolute Gasteiger partial charge is 0.378 e. The van der Waals surface area contributed by atoms with Crippen LogP contribution in [-0.4, -0.2) is 49.3 Å². The first kappa shape index (κ1) is 15.3. The van der Waals surface area contributed by atoms with Crippen LogP contribution in [0.25, 0.3) is 0 Å². The van der Waals surface area contributed by atoms with E-state index >= 15 is 0 Å². The van der Waals surface area contributed by atoms with Gasteiger partial charge >= 0.3 is 0 Å². The lowest BCUT2D eigenvalue weighted by Crippen LogP contribution is -2.57. The number of ether oxygens (including phenoxy) is 1. The monoisotopic (exact) mass is 268 g/mol. The second-order valence-electron chi connectivity index (χ2n) is 6.10. The molecule has 1 saturated heterocycles. The Hall–Kier alpha value is -0.120. The molecule has 1 aliphatic heterocycles. The SMILES string of the molecule is CCNC1CCCCCCC1N1CCOCC1CC. The van der Waals surface area contributed by atoms with E-state index < -0.39 is 0 Å². The summed E-state index contributed by atoms with van der Waals surface area (Å²) in [5, 5.41) is 3.76. The van der Waals surface area contributed by atoms with Crippen molar-refractivity contribution in [1.82, 2.24) is 10.2 Å². The molecular weight excluding hydrogens is 236 g/mol. The van der Waals surface area contributed by atoms with E-state index in [-0.39, 0.29) is 0 Å². The summed E-state index contributed by atoms with van der Waals surface area (Å²) in [5.41, 5.74) is 0. The Bertz CT molecular complexity index is 247. The number of morpholine rings is 1. The Labute approximate surface area is 119 Å². The van der Waals surface area contributed by atoms with Gasteiger partial charge in [0.2, 0.25) is 0 Å². The normalized spacial score (nSPS) is 34.7. The van der Waals surface area contributed by atoms with Crippen LogP contribution in [0.4, 0.5) is 0 Å². The van der Waals surface area contributed by atoms with E-state index in [2.05, 4.69) is 24.1 Å². The average Bonchev–Trinajstić information content (AvgIpc) is 2.42. The summed E-state index contributed by atoms with van der Waals surface area (Å²) in [6.07, 6.45) is 9.59. The molecule has 0 radical (unpaired) electrons. The van der Waals surface area contributed by atoms with E-state index in [4.69, 9.17) is 4.74 Å². The van der Waals surface area contributed by atoms with Gasteiger partial charge < -0.3 is 10.1 Å². The predicted octanol–water partition coefficient (Wildman–Crippen LogP) is 2.80. The molecule has 2 rings (SSSR count). The van der Waals surface area contributed by atoms with Crippen molar-refractivity contribution in [2.75, 3.05) is 26.3 Å². The number of likely N-dealkylation sites (N-methyl/N-ethyl adjacent to an activating group) is 1. The lowest BCUT2D eigenvalue weighted by atomic mass is 9.89. The third-order valence-corrected chi connectivity index (χ3v) is 4.87. The molecule has 3 atom stereocenters. The van der Waals surface area contributed by atoms with E-state index in [1.54, 1.807) is 0 Å². The van der Waals surface area contributed by atoms with Crippen LogP contribution in [0.2, 0.25) is 0 Å². The minimum atomic E-state index is 0.638. The van der Waals surface area contributed by atoms with Crippen molar-refractivity contribution in [1.29, 1.82) is 0 Å². The third-order valence-electron chi connectivity index (χ3n) is 4.87. The minimum absolute atomic E-state index is 0.638. The first-order valence-corrected chi connectivity index (χ1v) is 8.43.